The Morgan fingerprint density at radius 3 is 2.53 bits per heavy atom. The highest BCUT2D eigenvalue weighted by molar-refractivity contribution is 5.82. The highest BCUT2D eigenvalue weighted by atomic mass is 16.3. The number of carbonyl (C=O) groups is 1. The second-order valence-electron chi connectivity index (χ2n) is 6.05. The lowest BCUT2D eigenvalue weighted by Gasteiger charge is -2.39. The van der Waals surface area contributed by atoms with Gasteiger partial charge in [0.15, 0.2) is 0 Å². The van der Waals surface area contributed by atoms with Crippen molar-refractivity contribution in [2.45, 2.75) is 76.4 Å². The van der Waals surface area contributed by atoms with Gasteiger partial charge in [-0.15, -0.1) is 0 Å². The molecular weight excluding hydrogens is 240 g/mol. The van der Waals surface area contributed by atoms with Crippen LogP contribution in [0.3, 0.4) is 0 Å². The minimum absolute atomic E-state index is 0.0913. The number of nitrogens with one attached hydrogen (secondary N) is 1. The molecule has 4 nitrogen and oxygen atoms in total. The van der Waals surface area contributed by atoms with Crippen LogP contribution in [0.25, 0.3) is 0 Å². The number of nitrogens with zero attached hydrogens (tertiary/aromatic N) is 1. The standard InChI is InChI=1S/C15H28N2O2/c1-12-8-10-16-15(19)14(9-11-18)17(12)13-6-4-2-3-5-7-13/h12-14,18H,2-11H2,1H3,(H,16,19). The molecule has 1 amide bonds. The fourth-order valence-corrected chi connectivity index (χ4v) is 3.69. The van der Waals surface area contributed by atoms with E-state index in [0.717, 1.165) is 13.0 Å². The van der Waals surface area contributed by atoms with Crippen LogP contribution in [0.4, 0.5) is 0 Å². The van der Waals surface area contributed by atoms with E-state index in [1.807, 2.05) is 0 Å². The Balaban J connectivity index is 2.15. The van der Waals surface area contributed by atoms with E-state index in [1.165, 1.54) is 38.5 Å². The average molecular weight is 268 g/mol. The van der Waals surface area contributed by atoms with Crippen LogP contribution >= 0.6 is 0 Å². The average Bonchev–Trinajstić information content (AvgIpc) is 2.72. The molecule has 19 heavy (non-hydrogen) atoms. The third-order valence-electron chi connectivity index (χ3n) is 4.68. The fourth-order valence-electron chi connectivity index (χ4n) is 3.69. The normalized spacial score (nSPS) is 31.6. The summed E-state index contributed by atoms with van der Waals surface area (Å²) in [6, 6.07) is 0.821. The van der Waals surface area contributed by atoms with E-state index in [1.54, 1.807) is 0 Å². The quantitative estimate of drug-likeness (QED) is 0.766. The first kappa shape index (κ1) is 14.8. The predicted octanol–water partition coefficient (Wildman–Crippen LogP) is 1.67. The maximum Gasteiger partial charge on any atom is 0.237 e. The van der Waals surface area contributed by atoms with Crippen LogP contribution < -0.4 is 5.32 Å². The van der Waals surface area contributed by atoms with Gasteiger partial charge < -0.3 is 10.4 Å². The van der Waals surface area contributed by atoms with Crippen LogP contribution in [-0.4, -0.2) is 47.2 Å². The zero-order valence-electron chi connectivity index (χ0n) is 12.1. The molecule has 0 spiro atoms. The molecule has 1 heterocycles. The lowest BCUT2D eigenvalue weighted by molar-refractivity contribution is -0.127. The number of hydrogen-bond donors (Lipinski definition) is 2. The van der Waals surface area contributed by atoms with E-state index >= 15 is 0 Å². The zero-order chi connectivity index (χ0) is 13.7. The molecule has 2 rings (SSSR count). The smallest absolute Gasteiger partial charge is 0.237 e. The summed E-state index contributed by atoms with van der Waals surface area (Å²) in [6.07, 6.45) is 9.21. The second-order valence-corrected chi connectivity index (χ2v) is 6.05. The zero-order valence-corrected chi connectivity index (χ0v) is 12.1. The van der Waals surface area contributed by atoms with Gasteiger partial charge in [-0.3, -0.25) is 9.69 Å². The molecule has 1 saturated heterocycles. The van der Waals surface area contributed by atoms with Crippen molar-refractivity contribution >= 4 is 5.91 Å². The van der Waals surface area contributed by atoms with Crippen molar-refractivity contribution in [3.63, 3.8) is 0 Å². The van der Waals surface area contributed by atoms with Crippen LogP contribution in [0.5, 0.6) is 0 Å². The van der Waals surface area contributed by atoms with Gasteiger partial charge in [-0.05, 0) is 32.6 Å². The molecule has 0 bridgehead atoms. The maximum atomic E-state index is 12.2. The Kier molecular flexibility index (Phi) is 5.64. The van der Waals surface area contributed by atoms with Crippen LogP contribution in [0, 0.1) is 0 Å². The van der Waals surface area contributed by atoms with Crippen molar-refractivity contribution in [3.8, 4) is 0 Å². The topological polar surface area (TPSA) is 52.6 Å². The molecule has 1 aliphatic carbocycles. The van der Waals surface area contributed by atoms with Gasteiger partial charge >= 0.3 is 0 Å². The molecular formula is C15H28N2O2. The molecule has 1 aliphatic heterocycles. The molecule has 0 aromatic carbocycles. The lowest BCUT2D eigenvalue weighted by atomic mass is 9.99. The highest BCUT2D eigenvalue weighted by Gasteiger charge is 2.36. The summed E-state index contributed by atoms with van der Waals surface area (Å²) in [6.45, 7) is 3.09. The van der Waals surface area contributed by atoms with Crippen molar-refractivity contribution in [2.75, 3.05) is 13.2 Å². The van der Waals surface area contributed by atoms with Gasteiger partial charge in [0, 0.05) is 25.2 Å². The molecule has 0 radical (unpaired) electrons. The fraction of sp³-hybridized carbons (Fsp3) is 0.933. The van der Waals surface area contributed by atoms with E-state index in [4.69, 9.17) is 0 Å². The number of aliphatic hydroxyl groups excluding tert-OH is 1. The molecule has 2 unspecified atom stereocenters. The minimum Gasteiger partial charge on any atom is -0.396 e. The Labute approximate surface area is 116 Å². The summed E-state index contributed by atoms with van der Waals surface area (Å²) >= 11 is 0. The van der Waals surface area contributed by atoms with Crippen molar-refractivity contribution < 1.29 is 9.90 Å². The molecule has 0 aromatic heterocycles. The Bertz CT molecular complexity index is 288. The molecule has 2 fully saturated rings. The van der Waals surface area contributed by atoms with Crippen LogP contribution in [0.2, 0.25) is 0 Å². The summed E-state index contributed by atoms with van der Waals surface area (Å²) in [5.41, 5.74) is 0. The Hall–Kier alpha value is -0.610. The van der Waals surface area contributed by atoms with Gasteiger partial charge in [0.05, 0.1) is 6.04 Å². The second kappa shape index (κ2) is 7.25. The lowest BCUT2D eigenvalue weighted by Crippen LogP contribution is -2.52. The van der Waals surface area contributed by atoms with E-state index in [2.05, 4.69) is 17.1 Å². The summed E-state index contributed by atoms with van der Waals surface area (Å²) in [5, 5.41) is 12.3. The summed E-state index contributed by atoms with van der Waals surface area (Å²) in [4.78, 5) is 14.6. The van der Waals surface area contributed by atoms with E-state index in [0.29, 0.717) is 18.5 Å². The van der Waals surface area contributed by atoms with Gasteiger partial charge in [-0.2, -0.15) is 0 Å². The summed E-state index contributed by atoms with van der Waals surface area (Å²) in [5.74, 6) is 0.114. The molecule has 2 atom stereocenters. The third-order valence-corrected chi connectivity index (χ3v) is 4.68. The Morgan fingerprint density at radius 2 is 1.89 bits per heavy atom. The van der Waals surface area contributed by atoms with Crippen molar-refractivity contribution in [1.82, 2.24) is 10.2 Å². The molecule has 4 heteroatoms. The van der Waals surface area contributed by atoms with Gasteiger partial charge in [0.1, 0.15) is 0 Å². The monoisotopic (exact) mass is 268 g/mol. The first-order valence-electron chi connectivity index (χ1n) is 7.90. The van der Waals surface area contributed by atoms with Crippen molar-refractivity contribution in [2.24, 2.45) is 0 Å². The number of aliphatic hydroxyl groups is 1. The largest absolute Gasteiger partial charge is 0.396 e. The first-order valence-corrected chi connectivity index (χ1v) is 7.90. The van der Waals surface area contributed by atoms with Crippen molar-refractivity contribution in [1.29, 1.82) is 0 Å². The van der Waals surface area contributed by atoms with Gasteiger partial charge in [0.25, 0.3) is 0 Å². The van der Waals surface area contributed by atoms with Gasteiger partial charge in [-0.1, -0.05) is 25.7 Å². The maximum absolute atomic E-state index is 12.2. The minimum atomic E-state index is -0.134. The Morgan fingerprint density at radius 1 is 1.21 bits per heavy atom. The number of amides is 1. The summed E-state index contributed by atoms with van der Waals surface area (Å²) < 4.78 is 0. The first-order chi connectivity index (χ1) is 9.24. The van der Waals surface area contributed by atoms with E-state index in [9.17, 15) is 9.90 Å². The van der Waals surface area contributed by atoms with Gasteiger partial charge in [0.2, 0.25) is 5.91 Å². The van der Waals surface area contributed by atoms with Crippen molar-refractivity contribution in [3.05, 3.63) is 0 Å². The molecule has 110 valence electrons. The highest BCUT2D eigenvalue weighted by Crippen LogP contribution is 2.28. The van der Waals surface area contributed by atoms with Crippen LogP contribution in [0.1, 0.15) is 58.3 Å². The van der Waals surface area contributed by atoms with Crippen LogP contribution in [0.15, 0.2) is 0 Å². The third kappa shape index (κ3) is 3.69. The SMILES string of the molecule is CC1CCNC(=O)C(CCO)N1C1CCCCCC1. The van der Waals surface area contributed by atoms with E-state index < -0.39 is 0 Å². The number of carbonyl (C=O) groups excluding carboxylic acids is 1. The van der Waals surface area contributed by atoms with E-state index in [-0.39, 0.29) is 18.6 Å². The predicted molar refractivity (Wildman–Crippen MR) is 75.9 cm³/mol. The van der Waals surface area contributed by atoms with Gasteiger partial charge in [-0.25, -0.2) is 0 Å². The number of rotatable bonds is 3. The van der Waals surface area contributed by atoms with Crippen LogP contribution in [-0.2, 0) is 4.79 Å². The summed E-state index contributed by atoms with van der Waals surface area (Å²) in [7, 11) is 0. The molecule has 0 aromatic rings. The molecule has 2 N–H and O–H groups in total. The molecule has 1 saturated carbocycles. The number of hydrogen-bond acceptors (Lipinski definition) is 3. The molecule has 2 aliphatic rings.